The Hall–Kier alpha value is -0.790. The highest BCUT2D eigenvalue weighted by molar-refractivity contribution is 5.73. The van der Waals surface area contributed by atoms with E-state index in [4.69, 9.17) is 4.74 Å². The van der Waals surface area contributed by atoms with Gasteiger partial charge in [-0.3, -0.25) is 4.99 Å². The highest BCUT2D eigenvalue weighted by Crippen LogP contribution is 1.84. The first-order valence-electron chi connectivity index (χ1n) is 4.10. The molecule has 11 heavy (non-hydrogen) atoms. The Balaban J connectivity index is 3.47. The lowest BCUT2D eigenvalue weighted by Gasteiger charge is -1.98. The second-order valence-electron chi connectivity index (χ2n) is 2.17. The Bertz CT molecular complexity index is 138. The van der Waals surface area contributed by atoms with Gasteiger partial charge in [0, 0.05) is 6.92 Å². The third-order valence-electron chi connectivity index (χ3n) is 1.17. The third-order valence-corrected chi connectivity index (χ3v) is 1.17. The van der Waals surface area contributed by atoms with Crippen LogP contribution in [0.2, 0.25) is 0 Å². The molecule has 0 aliphatic carbocycles. The number of aliphatic imine (C=N–C) groups is 1. The lowest BCUT2D eigenvalue weighted by molar-refractivity contribution is 0.323. The summed E-state index contributed by atoms with van der Waals surface area (Å²) in [5, 5.41) is 0. The highest BCUT2D eigenvalue weighted by atomic mass is 16.5. The van der Waals surface area contributed by atoms with Crippen molar-refractivity contribution in [1.29, 1.82) is 0 Å². The second-order valence-corrected chi connectivity index (χ2v) is 2.17. The van der Waals surface area contributed by atoms with Crippen molar-refractivity contribution in [3.8, 4) is 0 Å². The van der Waals surface area contributed by atoms with E-state index in [1.165, 1.54) is 0 Å². The molecule has 64 valence electrons. The molecule has 0 fully saturated rings. The molecular formula is C9H17NO. The Morgan fingerprint density at radius 1 is 1.36 bits per heavy atom. The van der Waals surface area contributed by atoms with Crippen LogP contribution in [0.25, 0.3) is 0 Å². The van der Waals surface area contributed by atoms with Gasteiger partial charge in [0.2, 0.25) is 0 Å². The van der Waals surface area contributed by atoms with E-state index in [1.54, 1.807) is 0 Å². The molecule has 0 radical (unpaired) electrons. The fraction of sp³-hybridized carbons (Fsp3) is 0.667. The van der Waals surface area contributed by atoms with E-state index < -0.39 is 0 Å². The summed E-state index contributed by atoms with van der Waals surface area (Å²) >= 11 is 0. The van der Waals surface area contributed by atoms with Crippen LogP contribution < -0.4 is 0 Å². The van der Waals surface area contributed by atoms with Crippen LogP contribution in [0.15, 0.2) is 17.1 Å². The minimum absolute atomic E-state index is 0.701. The summed E-state index contributed by atoms with van der Waals surface area (Å²) in [6.45, 7) is 7.38. The second kappa shape index (κ2) is 7.32. The van der Waals surface area contributed by atoms with Gasteiger partial charge in [0.05, 0.1) is 13.2 Å². The average molecular weight is 155 g/mol. The maximum Gasteiger partial charge on any atom is 0.180 e. The topological polar surface area (TPSA) is 21.6 Å². The maximum absolute atomic E-state index is 5.14. The smallest absolute Gasteiger partial charge is 0.180 e. The molecule has 0 saturated heterocycles. The molecule has 0 aromatic rings. The van der Waals surface area contributed by atoms with Crippen LogP contribution in [0.3, 0.4) is 0 Å². The zero-order chi connectivity index (χ0) is 8.53. The average Bonchev–Trinajstić information content (AvgIpc) is 1.99. The molecule has 0 unspecified atom stereocenters. The minimum atomic E-state index is 0.701. The summed E-state index contributed by atoms with van der Waals surface area (Å²) < 4.78 is 5.14. The normalized spacial score (nSPS) is 12.5. The van der Waals surface area contributed by atoms with Crippen molar-refractivity contribution >= 4 is 5.90 Å². The molecule has 0 amide bonds. The number of ether oxygens (including phenoxy) is 1. The van der Waals surface area contributed by atoms with Gasteiger partial charge in [-0.2, -0.15) is 0 Å². The van der Waals surface area contributed by atoms with E-state index in [-0.39, 0.29) is 0 Å². The highest BCUT2D eigenvalue weighted by Gasteiger charge is 1.84. The molecule has 0 N–H and O–H groups in total. The van der Waals surface area contributed by atoms with Gasteiger partial charge in [-0.25, -0.2) is 0 Å². The Labute approximate surface area is 69.0 Å². The first-order chi connectivity index (χ1) is 5.31. The Morgan fingerprint density at radius 2 is 2.09 bits per heavy atom. The molecule has 0 atom stereocenters. The molecule has 0 rings (SSSR count). The van der Waals surface area contributed by atoms with E-state index in [2.05, 4.69) is 18.0 Å². The predicted molar refractivity (Wildman–Crippen MR) is 49.0 cm³/mol. The quantitative estimate of drug-likeness (QED) is 0.347. The molecule has 0 aromatic carbocycles. The number of rotatable bonds is 4. The standard InChI is InChI=1S/C9H17NO/c1-4-6-7-8-10-9(3)11-5-2/h6-7H,4-5,8H2,1-3H3/b7-6-,10-9?. The Kier molecular flexibility index (Phi) is 6.79. The fourth-order valence-electron chi connectivity index (χ4n) is 0.677. The summed E-state index contributed by atoms with van der Waals surface area (Å²) in [6.07, 6.45) is 5.22. The molecule has 0 heterocycles. The summed E-state index contributed by atoms with van der Waals surface area (Å²) in [5.41, 5.74) is 0. The van der Waals surface area contributed by atoms with Gasteiger partial charge in [0.1, 0.15) is 0 Å². The van der Waals surface area contributed by atoms with Crippen LogP contribution in [0, 0.1) is 0 Å². The molecule has 0 bridgehead atoms. The molecule has 0 aromatic heterocycles. The SMILES string of the molecule is CC/C=C\CN=C(C)OCC. The van der Waals surface area contributed by atoms with Crippen LogP contribution in [0.4, 0.5) is 0 Å². The lowest BCUT2D eigenvalue weighted by Crippen LogP contribution is -1.98. The molecular weight excluding hydrogens is 138 g/mol. The first-order valence-corrected chi connectivity index (χ1v) is 4.10. The first kappa shape index (κ1) is 10.2. The van der Waals surface area contributed by atoms with Crippen molar-refractivity contribution in [1.82, 2.24) is 0 Å². The van der Waals surface area contributed by atoms with Crippen LogP contribution in [0.5, 0.6) is 0 Å². The number of nitrogens with zero attached hydrogens (tertiary/aromatic N) is 1. The number of hydrogen-bond acceptors (Lipinski definition) is 2. The molecule has 0 saturated carbocycles. The maximum atomic E-state index is 5.14. The minimum Gasteiger partial charge on any atom is -0.481 e. The zero-order valence-corrected chi connectivity index (χ0v) is 7.63. The van der Waals surface area contributed by atoms with Gasteiger partial charge in [0.15, 0.2) is 5.90 Å². The van der Waals surface area contributed by atoms with E-state index in [9.17, 15) is 0 Å². The van der Waals surface area contributed by atoms with Gasteiger partial charge in [-0.1, -0.05) is 19.1 Å². The molecule has 0 aliphatic rings. The Morgan fingerprint density at radius 3 is 2.64 bits per heavy atom. The fourth-order valence-corrected chi connectivity index (χ4v) is 0.677. The molecule has 0 aliphatic heterocycles. The van der Waals surface area contributed by atoms with E-state index in [0.717, 1.165) is 18.9 Å². The summed E-state index contributed by atoms with van der Waals surface area (Å²) in [5.74, 6) is 0.772. The van der Waals surface area contributed by atoms with Crippen molar-refractivity contribution < 1.29 is 4.74 Å². The summed E-state index contributed by atoms with van der Waals surface area (Å²) in [4.78, 5) is 4.16. The van der Waals surface area contributed by atoms with Crippen LogP contribution >= 0.6 is 0 Å². The summed E-state index contributed by atoms with van der Waals surface area (Å²) in [7, 11) is 0. The lowest BCUT2D eigenvalue weighted by atomic mass is 10.4. The van der Waals surface area contributed by atoms with E-state index in [1.807, 2.05) is 19.9 Å². The van der Waals surface area contributed by atoms with Gasteiger partial charge in [0.25, 0.3) is 0 Å². The van der Waals surface area contributed by atoms with Crippen molar-refractivity contribution in [3.63, 3.8) is 0 Å². The zero-order valence-electron chi connectivity index (χ0n) is 7.63. The van der Waals surface area contributed by atoms with Gasteiger partial charge in [-0.15, -0.1) is 0 Å². The predicted octanol–water partition coefficient (Wildman–Crippen LogP) is 2.41. The van der Waals surface area contributed by atoms with Crippen molar-refractivity contribution in [3.05, 3.63) is 12.2 Å². The van der Waals surface area contributed by atoms with E-state index >= 15 is 0 Å². The van der Waals surface area contributed by atoms with Gasteiger partial charge < -0.3 is 4.74 Å². The van der Waals surface area contributed by atoms with Crippen molar-refractivity contribution in [2.45, 2.75) is 27.2 Å². The molecule has 2 heteroatoms. The van der Waals surface area contributed by atoms with Crippen LogP contribution in [-0.4, -0.2) is 19.0 Å². The summed E-state index contributed by atoms with van der Waals surface area (Å²) in [6, 6.07) is 0. The number of allylic oxidation sites excluding steroid dienone is 1. The third kappa shape index (κ3) is 7.10. The van der Waals surface area contributed by atoms with E-state index in [0.29, 0.717) is 6.61 Å². The largest absolute Gasteiger partial charge is 0.481 e. The van der Waals surface area contributed by atoms with Crippen molar-refractivity contribution in [2.24, 2.45) is 4.99 Å². The molecule has 2 nitrogen and oxygen atoms in total. The number of hydrogen-bond donors (Lipinski definition) is 0. The van der Waals surface area contributed by atoms with Crippen LogP contribution in [-0.2, 0) is 4.74 Å². The monoisotopic (exact) mass is 155 g/mol. The van der Waals surface area contributed by atoms with Crippen LogP contribution in [0.1, 0.15) is 27.2 Å². The molecule has 0 spiro atoms. The van der Waals surface area contributed by atoms with Gasteiger partial charge in [-0.05, 0) is 13.3 Å². The van der Waals surface area contributed by atoms with Gasteiger partial charge >= 0.3 is 0 Å². The van der Waals surface area contributed by atoms with Crippen molar-refractivity contribution in [2.75, 3.05) is 13.2 Å².